The van der Waals surface area contributed by atoms with Crippen LogP contribution in [0.3, 0.4) is 0 Å². The van der Waals surface area contributed by atoms with Gasteiger partial charge in [-0.05, 0) is 34.8 Å². The number of hydrogen-bond donors (Lipinski definition) is 1. The van der Waals surface area contributed by atoms with Crippen LogP contribution in [0.15, 0.2) is 21.2 Å². The molecule has 82 valence electrons. The van der Waals surface area contributed by atoms with Crippen molar-refractivity contribution in [2.45, 2.75) is 25.7 Å². The zero-order valence-electron chi connectivity index (χ0n) is 8.46. The highest BCUT2D eigenvalue weighted by Gasteiger charge is 2.42. The lowest BCUT2D eigenvalue weighted by Gasteiger charge is -2.24. The van der Waals surface area contributed by atoms with Crippen molar-refractivity contribution in [2.75, 3.05) is 6.54 Å². The fraction of sp³-hybridized carbons (Fsp3) is 0.545. The molecule has 1 fully saturated rings. The number of nitrogens with two attached hydrogens (primary N) is 1. The topological polar surface area (TPSA) is 56.2 Å². The second-order valence-electron chi connectivity index (χ2n) is 4.12. The molecule has 2 rings (SSSR count). The highest BCUT2D eigenvalue weighted by atomic mass is 79.9. The molecule has 0 radical (unpaired) electrons. The summed E-state index contributed by atoms with van der Waals surface area (Å²) in [6, 6.07) is 1.74. The van der Waals surface area contributed by atoms with Crippen LogP contribution in [0.1, 0.15) is 36.2 Å². The molecule has 1 heterocycles. The molecule has 1 aromatic rings. The van der Waals surface area contributed by atoms with Gasteiger partial charge in [0.2, 0.25) is 5.78 Å². The standard InChI is InChI=1S/C11H14BrNO2/c12-8-3-6-15-9(8)10(14)11(7-13)4-1-2-5-11/h3,6H,1-2,4-5,7,13H2. The Morgan fingerprint density at radius 3 is 2.67 bits per heavy atom. The van der Waals surface area contributed by atoms with Crippen molar-refractivity contribution in [1.82, 2.24) is 0 Å². The molecule has 0 spiro atoms. The first kappa shape index (κ1) is 10.9. The van der Waals surface area contributed by atoms with E-state index in [2.05, 4.69) is 15.9 Å². The molecule has 15 heavy (non-hydrogen) atoms. The summed E-state index contributed by atoms with van der Waals surface area (Å²) in [5.74, 6) is 0.474. The second kappa shape index (κ2) is 4.10. The second-order valence-corrected chi connectivity index (χ2v) is 4.97. The van der Waals surface area contributed by atoms with Crippen LogP contribution in [-0.2, 0) is 0 Å². The minimum Gasteiger partial charge on any atom is -0.460 e. The van der Waals surface area contributed by atoms with Crippen molar-refractivity contribution in [3.8, 4) is 0 Å². The third kappa shape index (κ3) is 1.76. The summed E-state index contributed by atoms with van der Waals surface area (Å²) in [6.07, 6.45) is 5.46. The van der Waals surface area contributed by atoms with Crippen LogP contribution in [0.4, 0.5) is 0 Å². The molecule has 0 aliphatic heterocycles. The highest BCUT2D eigenvalue weighted by Crippen LogP contribution is 2.41. The van der Waals surface area contributed by atoms with E-state index in [1.807, 2.05) is 0 Å². The molecule has 2 N–H and O–H groups in total. The van der Waals surface area contributed by atoms with Gasteiger partial charge in [-0.15, -0.1) is 0 Å². The lowest BCUT2D eigenvalue weighted by atomic mass is 9.81. The maximum atomic E-state index is 12.3. The van der Waals surface area contributed by atoms with Gasteiger partial charge in [0.15, 0.2) is 5.76 Å². The molecule has 0 amide bonds. The third-order valence-electron chi connectivity index (χ3n) is 3.26. The maximum Gasteiger partial charge on any atom is 0.206 e. The van der Waals surface area contributed by atoms with Crippen LogP contribution < -0.4 is 5.73 Å². The molecular formula is C11H14BrNO2. The molecular weight excluding hydrogens is 258 g/mol. The van der Waals surface area contributed by atoms with Crippen molar-refractivity contribution < 1.29 is 9.21 Å². The average molecular weight is 272 g/mol. The Morgan fingerprint density at radius 1 is 1.53 bits per heavy atom. The molecule has 0 unspecified atom stereocenters. The first-order valence-corrected chi connectivity index (χ1v) is 5.97. The summed E-state index contributed by atoms with van der Waals surface area (Å²) in [4.78, 5) is 12.3. The van der Waals surface area contributed by atoms with Crippen LogP contribution in [0.25, 0.3) is 0 Å². The Kier molecular flexibility index (Phi) is 2.98. The van der Waals surface area contributed by atoms with E-state index in [-0.39, 0.29) is 11.2 Å². The lowest BCUT2D eigenvalue weighted by Crippen LogP contribution is -2.36. The number of carbonyl (C=O) groups excluding carboxylic acids is 1. The van der Waals surface area contributed by atoms with Gasteiger partial charge >= 0.3 is 0 Å². The molecule has 0 saturated heterocycles. The van der Waals surface area contributed by atoms with Crippen LogP contribution in [0.2, 0.25) is 0 Å². The number of rotatable bonds is 3. The minimum absolute atomic E-state index is 0.0550. The van der Waals surface area contributed by atoms with Crippen molar-refractivity contribution >= 4 is 21.7 Å². The predicted molar refractivity (Wildman–Crippen MR) is 60.7 cm³/mol. The van der Waals surface area contributed by atoms with E-state index in [9.17, 15) is 4.79 Å². The van der Waals surface area contributed by atoms with Crippen LogP contribution in [0, 0.1) is 5.41 Å². The van der Waals surface area contributed by atoms with E-state index in [1.54, 1.807) is 6.07 Å². The number of halogens is 1. The molecule has 4 heteroatoms. The summed E-state index contributed by atoms with van der Waals surface area (Å²) in [5, 5.41) is 0. The quantitative estimate of drug-likeness (QED) is 0.861. The number of Topliss-reactive ketones (excluding diaryl/α,β-unsaturated/α-hetero) is 1. The largest absolute Gasteiger partial charge is 0.460 e. The first-order chi connectivity index (χ1) is 7.19. The third-order valence-corrected chi connectivity index (χ3v) is 3.88. The molecule has 1 aliphatic rings. The smallest absolute Gasteiger partial charge is 0.206 e. The Hall–Kier alpha value is -0.610. The van der Waals surface area contributed by atoms with E-state index in [1.165, 1.54) is 6.26 Å². The number of carbonyl (C=O) groups is 1. The van der Waals surface area contributed by atoms with Crippen molar-refractivity contribution in [3.63, 3.8) is 0 Å². The van der Waals surface area contributed by atoms with Crippen LogP contribution in [0.5, 0.6) is 0 Å². The van der Waals surface area contributed by atoms with E-state index in [0.29, 0.717) is 12.3 Å². The van der Waals surface area contributed by atoms with Gasteiger partial charge in [-0.1, -0.05) is 12.8 Å². The van der Waals surface area contributed by atoms with Gasteiger partial charge in [0, 0.05) is 12.0 Å². The Morgan fingerprint density at radius 2 is 2.20 bits per heavy atom. The van der Waals surface area contributed by atoms with Gasteiger partial charge in [0.05, 0.1) is 10.7 Å². The van der Waals surface area contributed by atoms with Gasteiger partial charge in [-0.2, -0.15) is 0 Å². The summed E-state index contributed by atoms with van der Waals surface area (Å²) in [5.41, 5.74) is 5.37. The van der Waals surface area contributed by atoms with Gasteiger partial charge in [0.25, 0.3) is 0 Å². The van der Waals surface area contributed by atoms with Crippen molar-refractivity contribution in [1.29, 1.82) is 0 Å². The fourth-order valence-corrected chi connectivity index (χ4v) is 2.65. The zero-order valence-corrected chi connectivity index (χ0v) is 10.0. The molecule has 3 nitrogen and oxygen atoms in total. The van der Waals surface area contributed by atoms with Gasteiger partial charge in [-0.3, -0.25) is 4.79 Å². The number of ketones is 1. The lowest BCUT2D eigenvalue weighted by molar-refractivity contribution is 0.0778. The fourth-order valence-electron chi connectivity index (χ4n) is 2.27. The predicted octanol–water partition coefficient (Wildman–Crippen LogP) is 2.74. The molecule has 1 aromatic heterocycles. The van der Waals surface area contributed by atoms with Crippen molar-refractivity contribution in [3.05, 3.63) is 22.6 Å². The minimum atomic E-state index is -0.375. The van der Waals surface area contributed by atoms with Gasteiger partial charge in [0.1, 0.15) is 0 Å². The monoisotopic (exact) mass is 271 g/mol. The Balaban J connectivity index is 2.30. The SMILES string of the molecule is NCC1(C(=O)c2occc2Br)CCCC1. The molecule has 1 aliphatic carbocycles. The van der Waals surface area contributed by atoms with E-state index >= 15 is 0 Å². The van der Waals surface area contributed by atoms with Crippen LogP contribution in [-0.4, -0.2) is 12.3 Å². The normalized spacial score (nSPS) is 19.3. The maximum absolute atomic E-state index is 12.3. The molecule has 0 aromatic carbocycles. The van der Waals surface area contributed by atoms with Gasteiger partial charge < -0.3 is 10.2 Å². The zero-order chi connectivity index (χ0) is 10.9. The first-order valence-electron chi connectivity index (χ1n) is 5.17. The molecule has 0 atom stereocenters. The summed E-state index contributed by atoms with van der Waals surface area (Å²) < 4.78 is 5.94. The van der Waals surface area contributed by atoms with Gasteiger partial charge in [-0.25, -0.2) is 0 Å². The number of furan rings is 1. The highest BCUT2D eigenvalue weighted by molar-refractivity contribution is 9.10. The summed E-state index contributed by atoms with van der Waals surface area (Å²) in [6.45, 7) is 0.416. The van der Waals surface area contributed by atoms with Crippen molar-refractivity contribution in [2.24, 2.45) is 11.1 Å². The van der Waals surface area contributed by atoms with E-state index in [0.717, 1.165) is 30.2 Å². The van der Waals surface area contributed by atoms with E-state index < -0.39 is 0 Å². The number of hydrogen-bond acceptors (Lipinski definition) is 3. The Labute approximate surface area is 97.1 Å². The van der Waals surface area contributed by atoms with Crippen LogP contribution >= 0.6 is 15.9 Å². The summed E-state index contributed by atoms with van der Waals surface area (Å²) >= 11 is 3.31. The van der Waals surface area contributed by atoms with E-state index in [4.69, 9.17) is 10.2 Å². The summed E-state index contributed by atoms with van der Waals surface area (Å²) in [7, 11) is 0. The Bertz CT molecular complexity index is 366. The molecule has 1 saturated carbocycles. The molecule has 0 bridgehead atoms. The average Bonchev–Trinajstić information content (AvgIpc) is 2.86.